The van der Waals surface area contributed by atoms with E-state index in [1.807, 2.05) is 25.2 Å². The van der Waals surface area contributed by atoms with Crippen LogP contribution in [0.2, 0.25) is 0 Å². The van der Waals surface area contributed by atoms with Gasteiger partial charge in [-0.1, -0.05) is 19.1 Å². The molecule has 1 fully saturated rings. The Morgan fingerprint density at radius 2 is 2.03 bits per heavy atom. The molecule has 1 aliphatic heterocycles. The van der Waals surface area contributed by atoms with E-state index < -0.39 is 0 Å². The van der Waals surface area contributed by atoms with Gasteiger partial charge in [-0.05, 0) is 63.3 Å². The fourth-order valence-corrected chi connectivity index (χ4v) is 3.81. The molecule has 0 aromatic heterocycles. The highest BCUT2D eigenvalue weighted by Gasteiger charge is 2.30. The Hall–Kier alpha value is -1.35. The molecule has 1 saturated heterocycles. The van der Waals surface area contributed by atoms with E-state index in [1.165, 1.54) is 25.9 Å². The number of piperidine rings is 1. The minimum absolute atomic E-state index is 0. The van der Waals surface area contributed by atoms with Crippen molar-refractivity contribution in [2.24, 2.45) is 10.9 Å². The van der Waals surface area contributed by atoms with E-state index in [2.05, 4.69) is 47.4 Å². The highest BCUT2D eigenvalue weighted by Crippen LogP contribution is 2.23. The second-order valence-electron chi connectivity index (χ2n) is 9.01. The van der Waals surface area contributed by atoms with Gasteiger partial charge in [-0.3, -0.25) is 14.7 Å². The molecule has 2 rings (SSSR count). The number of hydrogen-bond acceptors (Lipinski definition) is 3. The van der Waals surface area contributed by atoms with Crippen LogP contribution in [0.1, 0.15) is 49.5 Å². The first-order chi connectivity index (χ1) is 13.7. The van der Waals surface area contributed by atoms with E-state index in [0.29, 0.717) is 0 Å². The van der Waals surface area contributed by atoms with Crippen LogP contribution in [-0.2, 0) is 6.42 Å². The van der Waals surface area contributed by atoms with Gasteiger partial charge in [0.05, 0.1) is 0 Å². The third-order valence-electron chi connectivity index (χ3n) is 5.71. The molecule has 0 bridgehead atoms. The predicted octanol–water partition coefficient (Wildman–Crippen LogP) is 3.22. The maximum atomic E-state index is 12.1. The number of halogens is 1. The molecule has 7 heteroatoms. The van der Waals surface area contributed by atoms with Crippen molar-refractivity contribution in [3.05, 3.63) is 35.4 Å². The molecule has 1 aliphatic rings. The van der Waals surface area contributed by atoms with Crippen molar-refractivity contribution in [3.8, 4) is 0 Å². The summed E-state index contributed by atoms with van der Waals surface area (Å²) < 4.78 is 0. The Morgan fingerprint density at radius 3 is 2.67 bits per heavy atom. The number of rotatable bonds is 7. The lowest BCUT2D eigenvalue weighted by molar-refractivity contribution is 0.0739. The summed E-state index contributed by atoms with van der Waals surface area (Å²) in [7, 11) is 5.36. The molecule has 1 amide bonds. The third kappa shape index (κ3) is 8.06. The summed E-state index contributed by atoms with van der Waals surface area (Å²) in [4.78, 5) is 20.7. The van der Waals surface area contributed by atoms with Crippen molar-refractivity contribution in [2.75, 3.05) is 47.3 Å². The summed E-state index contributed by atoms with van der Waals surface area (Å²) in [5.41, 5.74) is 1.96. The topological polar surface area (TPSA) is 60.0 Å². The highest BCUT2D eigenvalue weighted by molar-refractivity contribution is 14.0. The number of aliphatic imine (C=N–C) groups is 1. The van der Waals surface area contributed by atoms with Crippen LogP contribution in [0.4, 0.5) is 0 Å². The quantitative estimate of drug-likeness (QED) is 0.324. The zero-order valence-corrected chi connectivity index (χ0v) is 21.8. The van der Waals surface area contributed by atoms with Crippen LogP contribution in [-0.4, -0.2) is 74.5 Å². The number of likely N-dealkylation sites (tertiary alicyclic amines) is 1. The maximum absolute atomic E-state index is 12.1. The lowest BCUT2D eigenvalue weighted by Crippen LogP contribution is -2.56. The number of hydrogen-bond donors (Lipinski definition) is 2. The normalized spacial score (nSPS) is 17.8. The average molecular weight is 530 g/mol. The van der Waals surface area contributed by atoms with Gasteiger partial charge in [0, 0.05) is 51.9 Å². The fourth-order valence-electron chi connectivity index (χ4n) is 3.81. The van der Waals surface area contributed by atoms with Gasteiger partial charge in [-0.15, -0.1) is 24.0 Å². The summed E-state index contributed by atoms with van der Waals surface area (Å²) in [6.45, 7) is 10.9. The van der Waals surface area contributed by atoms with E-state index in [4.69, 9.17) is 0 Å². The van der Waals surface area contributed by atoms with Gasteiger partial charge in [0.2, 0.25) is 0 Å². The van der Waals surface area contributed by atoms with Crippen molar-refractivity contribution >= 4 is 35.8 Å². The SMILES string of the molecule is CN=C(NCCc1cccc(C(=O)N(C)C)c1)NCC(C)(C)N1CCCC(C)C1.I. The van der Waals surface area contributed by atoms with Crippen LogP contribution in [0.15, 0.2) is 29.3 Å². The molecule has 0 spiro atoms. The smallest absolute Gasteiger partial charge is 0.253 e. The number of benzene rings is 1. The van der Waals surface area contributed by atoms with E-state index in [0.717, 1.165) is 42.5 Å². The standard InChI is InChI=1S/C23H39N5O.HI/c1-18-9-8-14-28(16-18)23(2,3)17-26-22(24-4)25-13-12-19-10-7-11-20(15-19)21(29)27(5)6;/h7,10-11,15,18H,8-9,12-14,16-17H2,1-6H3,(H2,24,25,26);1H. The van der Waals surface area contributed by atoms with E-state index in [9.17, 15) is 4.79 Å². The number of carbonyl (C=O) groups is 1. The van der Waals surface area contributed by atoms with Crippen molar-refractivity contribution in [1.82, 2.24) is 20.4 Å². The van der Waals surface area contributed by atoms with Crippen LogP contribution in [0.5, 0.6) is 0 Å². The molecule has 1 heterocycles. The first-order valence-corrected chi connectivity index (χ1v) is 10.7. The second kappa shape index (κ2) is 12.5. The Morgan fingerprint density at radius 1 is 1.30 bits per heavy atom. The number of amides is 1. The van der Waals surface area contributed by atoms with E-state index in [-0.39, 0.29) is 35.4 Å². The van der Waals surface area contributed by atoms with Gasteiger partial charge < -0.3 is 15.5 Å². The van der Waals surface area contributed by atoms with E-state index >= 15 is 0 Å². The number of guanidine groups is 1. The van der Waals surface area contributed by atoms with Crippen molar-refractivity contribution < 1.29 is 4.79 Å². The van der Waals surface area contributed by atoms with Crippen LogP contribution >= 0.6 is 24.0 Å². The Balaban J connectivity index is 0.00000450. The van der Waals surface area contributed by atoms with Crippen LogP contribution in [0.25, 0.3) is 0 Å². The van der Waals surface area contributed by atoms with Gasteiger partial charge in [0.15, 0.2) is 5.96 Å². The Labute approximate surface area is 199 Å². The molecule has 0 radical (unpaired) electrons. The molecule has 1 aromatic carbocycles. The molecular weight excluding hydrogens is 489 g/mol. The van der Waals surface area contributed by atoms with Gasteiger partial charge in [0.1, 0.15) is 0 Å². The molecule has 1 unspecified atom stereocenters. The molecule has 6 nitrogen and oxygen atoms in total. The fraction of sp³-hybridized carbons (Fsp3) is 0.652. The second-order valence-corrected chi connectivity index (χ2v) is 9.01. The van der Waals surface area contributed by atoms with Crippen LogP contribution < -0.4 is 10.6 Å². The lowest BCUT2D eigenvalue weighted by Gasteiger charge is -2.43. The predicted molar refractivity (Wildman–Crippen MR) is 137 cm³/mol. The number of nitrogens with zero attached hydrogens (tertiary/aromatic N) is 3. The maximum Gasteiger partial charge on any atom is 0.253 e. The lowest BCUT2D eigenvalue weighted by atomic mass is 9.93. The zero-order valence-electron chi connectivity index (χ0n) is 19.5. The Bertz CT molecular complexity index is 705. The molecule has 0 saturated carbocycles. The first kappa shape index (κ1) is 26.7. The van der Waals surface area contributed by atoms with Gasteiger partial charge >= 0.3 is 0 Å². The first-order valence-electron chi connectivity index (χ1n) is 10.7. The molecule has 2 N–H and O–H groups in total. The zero-order chi connectivity index (χ0) is 21.4. The number of nitrogens with one attached hydrogen (secondary N) is 2. The summed E-state index contributed by atoms with van der Waals surface area (Å²) in [5, 5.41) is 6.89. The minimum Gasteiger partial charge on any atom is -0.356 e. The molecule has 1 atom stereocenters. The van der Waals surface area contributed by atoms with E-state index in [1.54, 1.807) is 19.0 Å². The molecule has 170 valence electrons. The Kier molecular flexibility index (Phi) is 11.1. The monoisotopic (exact) mass is 529 g/mol. The summed E-state index contributed by atoms with van der Waals surface area (Å²) in [5.74, 6) is 1.63. The average Bonchev–Trinajstić information content (AvgIpc) is 2.70. The molecule has 1 aromatic rings. The van der Waals surface area contributed by atoms with Crippen LogP contribution in [0.3, 0.4) is 0 Å². The van der Waals surface area contributed by atoms with Crippen LogP contribution in [0, 0.1) is 5.92 Å². The largest absolute Gasteiger partial charge is 0.356 e. The van der Waals surface area contributed by atoms with Crippen molar-refractivity contribution in [1.29, 1.82) is 0 Å². The van der Waals surface area contributed by atoms with Gasteiger partial charge in [0.25, 0.3) is 5.91 Å². The van der Waals surface area contributed by atoms with Crippen molar-refractivity contribution in [2.45, 2.75) is 45.6 Å². The summed E-state index contributed by atoms with van der Waals surface area (Å²) in [6.07, 6.45) is 3.46. The number of carbonyl (C=O) groups excluding carboxylic acids is 1. The molecular formula is C23H40IN5O. The van der Waals surface area contributed by atoms with Gasteiger partial charge in [-0.25, -0.2) is 0 Å². The third-order valence-corrected chi connectivity index (χ3v) is 5.71. The van der Waals surface area contributed by atoms with Gasteiger partial charge in [-0.2, -0.15) is 0 Å². The molecule has 30 heavy (non-hydrogen) atoms. The molecule has 0 aliphatic carbocycles. The summed E-state index contributed by atoms with van der Waals surface area (Å²) in [6, 6.07) is 7.84. The summed E-state index contributed by atoms with van der Waals surface area (Å²) >= 11 is 0. The van der Waals surface area contributed by atoms with Crippen molar-refractivity contribution in [3.63, 3.8) is 0 Å². The highest BCUT2D eigenvalue weighted by atomic mass is 127. The minimum atomic E-state index is 0.